The molecule has 27 heavy (non-hydrogen) atoms. The van der Waals surface area contributed by atoms with E-state index in [9.17, 15) is 9.59 Å². The number of nitrogens with one attached hydrogen (secondary N) is 1. The number of thiazole rings is 1. The van der Waals surface area contributed by atoms with E-state index < -0.39 is 5.91 Å². The molecule has 1 fully saturated rings. The Balaban J connectivity index is 1.33. The van der Waals surface area contributed by atoms with Gasteiger partial charge in [-0.3, -0.25) is 9.59 Å². The van der Waals surface area contributed by atoms with E-state index in [1.807, 2.05) is 12.1 Å². The maximum absolute atomic E-state index is 12.5. The molecule has 0 radical (unpaired) electrons. The minimum atomic E-state index is -0.445. The van der Waals surface area contributed by atoms with Crippen molar-refractivity contribution in [3.05, 3.63) is 23.2 Å². The van der Waals surface area contributed by atoms with Crippen molar-refractivity contribution in [2.45, 2.75) is 19.3 Å². The summed E-state index contributed by atoms with van der Waals surface area (Å²) in [5.41, 5.74) is 6.31. The van der Waals surface area contributed by atoms with E-state index in [2.05, 4.69) is 35.8 Å². The SMILES string of the molecule is NC(=O)Cc1csc(NC(=O)C2CCN(c3ccc4nnnn4n3)CC2)n1. The van der Waals surface area contributed by atoms with E-state index in [1.54, 1.807) is 5.38 Å². The average Bonchev–Trinajstić information content (AvgIpc) is 3.30. The first kappa shape index (κ1) is 17.3. The predicted octanol–water partition coefficient (Wildman–Crippen LogP) is -0.141. The first-order valence-electron chi connectivity index (χ1n) is 8.42. The molecule has 1 saturated heterocycles. The minimum absolute atomic E-state index is 0.0569. The number of nitrogens with zero attached hydrogens (tertiary/aromatic N) is 7. The highest BCUT2D eigenvalue weighted by atomic mass is 32.1. The Labute approximate surface area is 157 Å². The molecular weight excluding hydrogens is 370 g/mol. The normalized spacial score (nSPS) is 15.2. The van der Waals surface area contributed by atoms with Crippen LogP contribution in [0.5, 0.6) is 0 Å². The highest BCUT2D eigenvalue weighted by Crippen LogP contribution is 2.24. The van der Waals surface area contributed by atoms with Gasteiger partial charge in [0.1, 0.15) is 0 Å². The number of amides is 2. The van der Waals surface area contributed by atoms with Gasteiger partial charge in [-0.25, -0.2) is 4.98 Å². The molecule has 1 aliphatic heterocycles. The minimum Gasteiger partial charge on any atom is -0.369 e. The first-order chi connectivity index (χ1) is 13.1. The standard InChI is InChI=1S/C15H17N9O2S/c16-11(25)7-10-8-27-15(17-10)18-14(26)9-3-5-23(6-4-9)13-2-1-12-19-21-22-24(12)20-13/h1-2,8-9H,3-7H2,(H2,16,25)(H,17,18,26). The van der Waals surface area contributed by atoms with Crippen LogP contribution < -0.4 is 16.0 Å². The van der Waals surface area contributed by atoms with E-state index in [0.717, 1.165) is 5.82 Å². The van der Waals surface area contributed by atoms with E-state index >= 15 is 0 Å². The molecule has 4 rings (SSSR count). The lowest BCUT2D eigenvalue weighted by Gasteiger charge is -2.31. The molecule has 0 spiro atoms. The van der Waals surface area contributed by atoms with Crippen molar-refractivity contribution >= 4 is 39.7 Å². The second-order valence-corrected chi connectivity index (χ2v) is 7.11. The van der Waals surface area contributed by atoms with E-state index in [4.69, 9.17) is 5.73 Å². The van der Waals surface area contributed by atoms with Crippen LogP contribution in [0.15, 0.2) is 17.5 Å². The third-order valence-corrected chi connectivity index (χ3v) is 5.19. The Bertz CT molecular complexity index is 976. The number of aromatic nitrogens is 6. The van der Waals surface area contributed by atoms with Crippen LogP contribution in [-0.4, -0.2) is 55.1 Å². The van der Waals surface area contributed by atoms with Crippen molar-refractivity contribution < 1.29 is 9.59 Å². The van der Waals surface area contributed by atoms with Crippen molar-refractivity contribution in [3.8, 4) is 0 Å². The summed E-state index contributed by atoms with van der Waals surface area (Å²) in [5.74, 6) is 0.184. The van der Waals surface area contributed by atoms with Crippen LogP contribution in [0.2, 0.25) is 0 Å². The summed E-state index contributed by atoms with van der Waals surface area (Å²) in [5, 5.41) is 20.6. The van der Waals surface area contributed by atoms with Crippen LogP contribution >= 0.6 is 11.3 Å². The van der Waals surface area contributed by atoms with Crippen molar-refractivity contribution in [1.82, 2.24) is 30.2 Å². The predicted molar refractivity (Wildman–Crippen MR) is 97.2 cm³/mol. The number of tetrazole rings is 1. The lowest BCUT2D eigenvalue weighted by atomic mass is 9.96. The fourth-order valence-corrected chi connectivity index (χ4v) is 3.72. The van der Waals surface area contributed by atoms with Crippen LogP contribution in [0, 0.1) is 5.92 Å². The fourth-order valence-electron chi connectivity index (χ4n) is 3.01. The molecule has 3 aromatic heterocycles. The molecule has 3 N–H and O–H groups in total. The topological polar surface area (TPSA) is 144 Å². The van der Waals surface area contributed by atoms with Gasteiger partial charge in [-0.1, -0.05) is 0 Å². The van der Waals surface area contributed by atoms with E-state index in [0.29, 0.717) is 42.4 Å². The van der Waals surface area contributed by atoms with Gasteiger partial charge in [0.2, 0.25) is 11.8 Å². The highest BCUT2D eigenvalue weighted by molar-refractivity contribution is 7.13. The second-order valence-electron chi connectivity index (χ2n) is 6.26. The maximum atomic E-state index is 12.5. The molecule has 0 bridgehead atoms. The number of carbonyl (C=O) groups excluding carboxylic acids is 2. The number of primary amides is 1. The number of piperidine rings is 1. The zero-order valence-corrected chi connectivity index (χ0v) is 15.1. The Hall–Kier alpha value is -3.15. The fraction of sp³-hybridized carbons (Fsp3) is 0.400. The molecule has 3 aromatic rings. The molecule has 1 aliphatic rings. The number of rotatable bonds is 5. The summed E-state index contributed by atoms with van der Waals surface area (Å²) in [6.07, 6.45) is 1.49. The summed E-state index contributed by atoms with van der Waals surface area (Å²) >= 11 is 1.29. The Morgan fingerprint density at radius 2 is 2.11 bits per heavy atom. The quantitative estimate of drug-likeness (QED) is 0.615. The van der Waals surface area contributed by atoms with Gasteiger partial charge in [-0.2, -0.15) is 0 Å². The van der Waals surface area contributed by atoms with Crippen molar-refractivity contribution in [1.29, 1.82) is 0 Å². The molecular formula is C15H17N9O2S. The molecule has 0 atom stereocenters. The van der Waals surface area contributed by atoms with Crippen molar-refractivity contribution in [2.24, 2.45) is 11.7 Å². The zero-order chi connectivity index (χ0) is 18.8. The number of hydrogen-bond donors (Lipinski definition) is 2. The van der Waals surface area contributed by atoms with Gasteiger partial charge in [0.05, 0.1) is 12.1 Å². The van der Waals surface area contributed by atoms with Gasteiger partial charge < -0.3 is 16.0 Å². The van der Waals surface area contributed by atoms with Crippen LogP contribution in [-0.2, 0) is 16.0 Å². The molecule has 4 heterocycles. The van der Waals surface area contributed by atoms with Gasteiger partial charge in [0, 0.05) is 24.4 Å². The first-order valence-corrected chi connectivity index (χ1v) is 9.30. The molecule has 11 nitrogen and oxygen atoms in total. The molecule has 0 unspecified atom stereocenters. The van der Waals surface area contributed by atoms with Crippen LogP contribution in [0.1, 0.15) is 18.5 Å². The molecule has 12 heteroatoms. The second kappa shape index (κ2) is 7.23. The molecule has 0 aromatic carbocycles. The van der Waals surface area contributed by atoms with Gasteiger partial charge >= 0.3 is 0 Å². The summed E-state index contributed by atoms with van der Waals surface area (Å²) < 4.78 is 1.39. The van der Waals surface area contributed by atoms with E-state index in [1.165, 1.54) is 16.0 Å². The number of hydrogen-bond acceptors (Lipinski definition) is 9. The van der Waals surface area contributed by atoms with Crippen LogP contribution in [0.25, 0.3) is 5.65 Å². The largest absolute Gasteiger partial charge is 0.369 e. The summed E-state index contributed by atoms with van der Waals surface area (Å²) in [7, 11) is 0. The molecule has 2 amide bonds. The smallest absolute Gasteiger partial charge is 0.229 e. The highest BCUT2D eigenvalue weighted by Gasteiger charge is 2.26. The lowest BCUT2D eigenvalue weighted by molar-refractivity contribution is -0.120. The summed E-state index contributed by atoms with van der Waals surface area (Å²) in [6.45, 7) is 1.42. The van der Waals surface area contributed by atoms with Crippen LogP contribution in [0.3, 0.4) is 0 Å². The van der Waals surface area contributed by atoms with Gasteiger partial charge in [0.25, 0.3) is 0 Å². The number of carbonyl (C=O) groups is 2. The number of nitrogens with two attached hydrogens (primary N) is 1. The Morgan fingerprint density at radius 3 is 2.89 bits per heavy atom. The van der Waals surface area contributed by atoms with E-state index in [-0.39, 0.29) is 18.2 Å². The van der Waals surface area contributed by atoms with Gasteiger partial charge in [-0.05, 0) is 35.4 Å². The van der Waals surface area contributed by atoms with Crippen LogP contribution in [0.4, 0.5) is 10.9 Å². The van der Waals surface area contributed by atoms with Crippen molar-refractivity contribution in [3.63, 3.8) is 0 Å². The third kappa shape index (κ3) is 3.84. The Kier molecular flexibility index (Phi) is 4.62. The lowest BCUT2D eigenvalue weighted by Crippen LogP contribution is -2.38. The molecule has 140 valence electrons. The summed E-state index contributed by atoms with van der Waals surface area (Å²) in [6, 6.07) is 3.69. The molecule has 0 aliphatic carbocycles. The van der Waals surface area contributed by atoms with Gasteiger partial charge in [-0.15, -0.1) is 26.2 Å². The monoisotopic (exact) mass is 387 g/mol. The zero-order valence-electron chi connectivity index (χ0n) is 14.3. The molecule has 0 saturated carbocycles. The average molecular weight is 387 g/mol. The Morgan fingerprint density at radius 1 is 1.30 bits per heavy atom. The summed E-state index contributed by atoms with van der Waals surface area (Å²) in [4.78, 5) is 29.7. The van der Waals surface area contributed by atoms with Gasteiger partial charge in [0.15, 0.2) is 16.6 Å². The third-order valence-electron chi connectivity index (χ3n) is 4.38. The van der Waals surface area contributed by atoms with Crippen molar-refractivity contribution in [2.75, 3.05) is 23.3 Å². The number of fused-ring (bicyclic) bond motifs is 1. The number of anilines is 2. The maximum Gasteiger partial charge on any atom is 0.229 e.